The second-order valence-electron chi connectivity index (χ2n) is 5.54. The minimum absolute atomic E-state index is 0.276. The number of hydrogen-bond acceptors (Lipinski definition) is 4. The number of nitrogens with zero attached hydrogens (tertiary/aromatic N) is 3. The Labute approximate surface area is 128 Å². The van der Waals surface area contributed by atoms with Crippen LogP contribution in [0.1, 0.15) is 38.7 Å². The Hall–Kier alpha value is -1.87. The number of aromatic amines is 1. The van der Waals surface area contributed by atoms with Gasteiger partial charge in [0, 0.05) is 6.54 Å². The fourth-order valence-corrected chi connectivity index (χ4v) is 2.06. The van der Waals surface area contributed by atoms with Gasteiger partial charge in [-0.3, -0.25) is 14.3 Å². The molecule has 0 radical (unpaired) electrons. The smallest absolute Gasteiger partial charge is 0.278 e. The van der Waals surface area contributed by atoms with Crippen LogP contribution in [0, 0.1) is 23.7 Å². The molecule has 0 spiro atoms. The molecule has 7 heteroatoms. The molecule has 0 bridgehead atoms. The monoisotopic (exact) mass is 310 g/mol. The maximum Gasteiger partial charge on any atom is 0.329 e. The van der Waals surface area contributed by atoms with E-state index in [9.17, 15) is 9.59 Å². The van der Waals surface area contributed by atoms with Gasteiger partial charge in [-0.05, 0) is 33.6 Å². The molecule has 0 amide bonds. The quantitative estimate of drug-likeness (QED) is 0.646. The lowest BCUT2D eigenvalue weighted by atomic mass is 9.89. The summed E-state index contributed by atoms with van der Waals surface area (Å²) in [4.78, 5) is 29.6. The summed E-state index contributed by atoms with van der Waals surface area (Å²) in [5, 5.41) is 8.96. The van der Waals surface area contributed by atoms with Crippen molar-refractivity contribution < 1.29 is 0 Å². The lowest BCUT2D eigenvalue weighted by molar-refractivity contribution is 0.415. The van der Waals surface area contributed by atoms with Gasteiger partial charge in [-0.2, -0.15) is 5.26 Å². The highest BCUT2D eigenvalue weighted by atomic mass is 35.5. The van der Waals surface area contributed by atoms with Crippen LogP contribution in [0.3, 0.4) is 0 Å². The molecule has 1 N–H and O–H groups in total. The molecule has 0 saturated carbocycles. The summed E-state index contributed by atoms with van der Waals surface area (Å²) in [6.45, 7) is 5.77. The van der Waals surface area contributed by atoms with Gasteiger partial charge in [-0.1, -0.05) is 18.0 Å². The summed E-state index contributed by atoms with van der Waals surface area (Å²) in [5.41, 5.74) is 0.0601. The highest BCUT2D eigenvalue weighted by Gasteiger charge is 2.16. The van der Waals surface area contributed by atoms with Gasteiger partial charge in [0.2, 0.25) is 0 Å². The Balaban J connectivity index is 2.90. The van der Waals surface area contributed by atoms with Crippen molar-refractivity contribution in [1.29, 1.82) is 5.26 Å². The summed E-state index contributed by atoms with van der Waals surface area (Å²) in [6.07, 6.45) is 2.26. The molecule has 1 aromatic heterocycles. The molecule has 1 aromatic rings. The van der Waals surface area contributed by atoms with Gasteiger partial charge in [0.1, 0.15) is 5.82 Å². The first-order valence-corrected chi connectivity index (χ1v) is 7.14. The third kappa shape index (κ3) is 4.57. The van der Waals surface area contributed by atoms with Crippen molar-refractivity contribution in [3.8, 4) is 6.07 Å². The van der Waals surface area contributed by atoms with Gasteiger partial charge >= 0.3 is 5.69 Å². The number of nitriles is 1. The predicted molar refractivity (Wildman–Crippen MR) is 83.3 cm³/mol. The average Bonchev–Trinajstić information content (AvgIpc) is 2.43. The van der Waals surface area contributed by atoms with E-state index < -0.39 is 11.2 Å². The van der Waals surface area contributed by atoms with Gasteiger partial charge in [0.05, 0.1) is 22.7 Å². The second kappa shape index (κ2) is 7.23. The van der Waals surface area contributed by atoms with Gasteiger partial charge in [0.25, 0.3) is 5.56 Å². The SMILES string of the molecule is Cc1c(/N=C/Cl)n(CCCCC(C)(C)C#N)c(=O)[nH]c1=O. The number of aliphatic imine (C=N–C) groups is 1. The van der Waals surface area contributed by atoms with Crippen LogP contribution < -0.4 is 11.2 Å². The summed E-state index contributed by atoms with van der Waals surface area (Å²) in [7, 11) is 0. The number of nitrogens with one attached hydrogen (secondary N) is 1. The Morgan fingerprint density at radius 1 is 1.43 bits per heavy atom. The van der Waals surface area contributed by atoms with Crippen LogP contribution >= 0.6 is 11.6 Å². The molecule has 0 saturated heterocycles. The highest BCUT2D eigenvalue weighted by Crippen LogP contribution is 2.22. The Morgan fingerprint density at radius 2 is 2.10 bits per heavy atom. The average molecular weight is 311 g/mol. The van der Waals surface area contributed by atoms with Gasteiger partial charge < -0.3 is 0 Å². The fraction of sp³-hybridized carbons (Fsp3) is 0.571. The summed E-state index contributed by atoms with van der Waals surface area (Å²) in [6, 6.07) is 2.24. The Bertz CT molecular complexity index is 680. The molecule has 0 atom stereocenters. The molecule has 21 heavy (non-hydrogen) atoms. The maximum absolute atomic E-state index is 11.9. The third-order valence-electron chi connectivity index (χ3n) is 3.30. The van der Waals surface area contributed by atoms with Crippen molar-refractivity contribution in [3.05, 3.63) is 26.4 Å². The van der Waals surface area contributed by atoms with E-state index in [1.807, 2.05) is 13.8 Å². The van der Waals surface area contributed by atoms with E-state index in [1.165, 1.54) is 4.57 Å². The number of halogens is 1. The number of aromatic nitrogens is 2. The zero-order valence-electron chi connectivity index (χ0n) is 12.4. The molecule has 0 aromatic carbocycles. The lowest BCUT2D eigenvalue weighted by Gasteiger charge is -2.15. The molecule has 6 nitrogen and oxygen atoms in total. The van der Waals surface area contributed by atoms with E-state index in [0.717, 1.165) is 18.5 Å². The summed E-state index contributed by atoms with van der Waals surface area (Å²) in [5.74, 6) is 0.276. The Kier molecular flexibility index (Phi) is 5.91. The first kappa shape index (κ1) is 17.2. The van der Waals surface area contributed by atoms with Crippen LogP contribution in [0.15, 0.2) is 14.6 Å². The molecule has 0 aliphatic heterocycles. The zero-order valence-corrected chi connectivity index (χ0v) is 13.2. The zero-order chi connectivity index (χ0) is 16.0. The van der Waals surface area contributed by atoms with Crippen molar-refractivity contribution in [2.75, 3.05) is 0 Å². The van der Waals surface area contributed by atoms with Gasteiger partial charge in [0.15, 0.2) is 0 Å². The molecule has 0 aliphatic rings. The van der Waals surface area contributed by atoms with Crippen molar-refractivity contribution >= 4 is 23.1 Å². The van der Waals surface area contributed by atoms with E-state index in [1.54, 1.807) is 6.92 Å². The molecular formula is C14H19ClN4O2. The van der Waals surface area contributed by atoms with Crippen LogP contribution in [0.2, 0.25) is 0 Å². The molecule has 0 unspecified atom stereocenters. The molecule has 0 fully saturated rings. The molecule has 0 aliphatic carbocycles. The lowest BCUT2D eigenvalue weighted by Crippen LogP contribution is -2.31. The van der Waals surface area contributed by atoms with E-state index in [-0.39, 0.29) is 11.2 Å². The first-order valence-electron chi connectivity index (χ1n) is 6.70. The van der Waals surface area contributed by atoms with E-state index in [0.29, 0.717) is 18.5 Å². The first-order chi connectivity index (χ1) is 9.82. The maximum atomic E-state index is 11.9. The second-order valence-corrected chi connectivity index (χ2v) is 5.73. The molecule has 114 valence electrons. The minimum Gasteiger partial charge on any atom is -0.278 e. The van der Waals surface area contributed by atoms with Crippen molar-refractivity contribution in [2.45, 2.75) is 46.6 Å². The van der Waals surface area contributed by atoms with Crippen LogP contribution in [0.5, 0.6) is 0 Å². The number of unbranched alkanes of at least 4 members (excludes halogenated alkanes) is 1. The summed E-state index contributed by atoms with van der Waals surface area (Å²) < 4.78 is 1.40. The number of H-pyrrole nitrogens is 1. The minimum atomic E-state index is -0.498. The topological polar surface area (TPSA) is 91.0 Å². The summed E-state index contributed by atoms with van der Waals surface area (Å²) >= 11 is 5.47. The van der Waals surface area contributed by atoms with Crippen LogP contribution in [0.25, 0.3) is 0 Å². The molecule has 1 heterocycles. The van der Waals surface area contributed by atoms with Gasteiger partial charge in [-0.15, -0.1) is 0 Å². The van der Waals surface area contributed by atoms with Gasteiger partial charge in [-0.25, -0.2) is 9.79 Å². The molecule has 1 rings (SSSR count). The van der Waals surface area contributed by atoms with E-state index in [2.05, 4.69) is 16.0 Å². The fourth-order valence-electron chi connectivity index (χ4n) is 1.97. The predicted octanol–water partition coefficient (Wildman–Crippen LogP) is 2.46. The van der Waals surface area contributed by atoms with E-state index >= 15 is 0 Å². The van der Waals surface area contributed by atoms with Crippen molar-refractivity contribution in [1.82, 2.24) is 9.55 Å². The number of rotatable bonds is 6. The van der Waals surface area contributed by atoms with E-state index in [4.69, 9.17) is 16.9 Å². The molecular weight excluding hydrogens is 292 g/mol. The Morgan fingerprint density at radius 3 is 2.67 bits per heavy atom. The van der Waals surface area contributed by atoms with Crippen LogP contribution in [-0.2, 0) is 6.54 Å². The van der Waals surface area contributed by atoms with Crippen LogP contribution in [-0.4, -0.2) is 15.2 Å². The highest BCUT2D eigenvalue weighted by molar-refractivity contribution is 6.56. The third-order valence-corrected chi connectivity index (χ3v) is 3.40. The standard InChI is InChI=1S/C14H19ClN4O2/c1-10-11(17-9-15)19(13(21)18-12(10)20)7-5-4-6-14(2,3)8-16/h9H,4-7H2,1-3H3,(H,18,20,21)/b17-9+. The number of hydrogen-bond donors (Lipinski definition) is 1. The van der Waals surface area contributed by atoms with Crippen molar-refractivity contribution in [3.63, 3.8) is 0 Å². The normalized spacial score (nSPS) is 11.8. The van der Waals surface area contributed by atoms with Crippen LogP contribution in [0.4, 0.5) is 5.82 Å². The largest absolute Gasteiger partial charge is 0.329 e. The van der Waals surface area contributed by atoms with Crippen molar-refractivity contribution in [2.24, 2.45) is 10.4 Å².